The molecule has 2 heterocycles. The van der Waals surface area contributed by atoms with Crippen molar-refractivity contribution >= 4 is 0 Å². The van der Waals surface area contributed by atoms with Gasteiger partial charge < -0.3 is 20.1 Å². The monoisotopic (exact) mass is 242 g/mol. The Hall–Kier alpha value is -0.160. The van der Waals surface area contributed by atoms with Crippen molar-refractivity contribution in [3.05, 3.63) is 0 Å². The van der Waals surface area contributed by atoms with E-state index in [1.165, 1.54) is 19.3 Å². The van der Waals surface area contributed by atoms with Crippen molar-refractivity contribution in [2.75, 3.05) is 39.5 Å². The molecule has 17 heavy (non-hydrogen) atoms. The molecule has 0 saturated carbocycles. The molecule has 2 saturated heterocycles. The molecule has 2 fully saturated rings. The molecule has 0 bridgehead atoms. The minimum atomic E-state index is 0.444. The molecule has 0 aromatic carbocycles. The fourth-order valence-electron chi connectivity index (χ4n) is 2.59. The highest BCUT2D eigenvalue weighted by molar-refractivity contribution is 4.83. The standard InChI is InChI=1S/C13H26N2O2/c1-2-5-15-13-10-16-9-11(13)7-14-8-12-4-3-6-17-12/h11-15H,2-10H2,1H3. The number of ether oxygens (including phenoxy) is 2. The van der Waals surface area contributed by atoms with Crippen molar-refractivity contribution in [3.8, 4) is 0 Å². The first-order chi connectivity index (χ1) is 8.40. The predicted octanol–water partition coefficient (Wildman–Crippen LogP) is 0.770. The molecule has 0 amide bonds. The van der Waals surface area contributed by atoms with Gasteiger partial charge in [-0.15, -0.1) is 0 Å². The lowest BCUT2D eigenvalue weighted by Gasteiger charge is -2.20. The first-order valence-electron chi connectivity index (χ1n) is 7.03. The molecule has 0 radical (unpaired) electrons. The zero-order valence-electron chi connectivity index (χ0n) is 10.9. The average Bonchev–Trinajstić information content (AvgIpc) is 2.98. The zero-order chi connectivity index (χ0) is 11.9. The van der Waals surface area contributed by atoms with Crippen LogP contribution in [0.1, 0.15) is 26.2 Å². The van der Waals surface area contributed by atoms with Gasteiger partial charge in [-0.05, 0) is 25.8 Å². The number of hydrogen-bond acceptors (Lipinski definition) is 4. The molecule has 0 aliphatic carbocycles. The molecule has 2 aliphatic heterocycles. The topological polar surface area (TPSA) is 42.5 Å². The van der Waals surface area contributed by atoms with E-state index in [2.05, 4.69) is 17.6 Å². The summed E-state index contributed by atoms with van der Waals surface area (Å²) in [6.07, 6.45) is 4.07. The maximum Gasteiger partial charge on any atom is 0.0700 e. The second kappa shape index (κ2) is 7.31. The predicted molar refractivity (Wildman–Crippen MR) is 68.2 cm³/mol. The molecular formula is C13H26N2O2. The lowest BCUT2D eigenvalue weighted by atomic mass is 10.0. The smallest absolute Gasteiger partial charge is 0.0700 e. The molecule has 0 spiro atoms. The van der Waals surface area contributed by atoms with Crippen LogP contribution in [0.15, 0.2) is 0 Å². The average molecular weight is 242 g/mol. The Balaban J connectivity index is 1.59. The summed E-state index contributed by atoms with van der Waals surface area (Å²) in [5.41, 5.74) is 0. The minimum Gasteiger partial charge on any atom is -0.379 e. The van der Waals surface area contributed by atoms with Crippen LogP contribution in [0.3, 0.4) is 0 Å². The number of hydrogen-bond donors (Lipinski definition) is 2. The summed E-state index contributed by atoms with van der Waals surface area (Å²) in [6, 6.07) is 0.534. The normalized spacial score (nSPS) is 33.4. The molecule has 3 atom stereocenters. The highest BCUT2D eigenvalue weighted by Crippen LogP contribution is 2.14. The van der Waals surface area contributed by atoms with Gasteiger partial charge in [0.2, 0.25) is 0 Å². The fraction of sp³-hybridized carbons (Fsp3) is 1.00. The summed E-state index contributed by atoms with van der Waals surface area (Å²) < 4.78 is 11.2. The summed E-state index contributed by atoms with van der Waals surface area (Å²) in [7, 11) is 0. The molecule has 100 valence electrons. The molecule has 0 aromatic heterocycles. The van der Waals surface area contributed by atoms with Gasteiger partial charge in [0, 0.05) is 31.7 Å². The van der Waals surface area contributed by atoms with Crippen LogP contribution in [0.5, 0.6) is 0 Å². The van der Waals surface area contributed by atoms with Crippen molar-refractivity contribution in [1.29, 1.82) is 0 Å². The van der Waals surface area contributed by atoms with Crippen LogP contribution in [0.4, 0.5) is 0 Å². The summed E-state index contributed by atoms with van der Waals surface area (Å²) in [5.74, 6) is 0.614. The molecular weight excluding hydrogens is 216 g/mol. The Morgan fingerprint density at radius 2 is 2.18 bits per heavy atom. The second-order valence-corrected chi connectivity index (χ2v) is 5.15. The van der Waals surface area contributed by atoms with Crippen molar-refractivity contribution in [3.63, 3.8) is 0 Å². The Labute approximate surface area is 104 Å². The first-order valence-corrected chi connectivity index (χ1v) is 7.03. The van der Waals surface area contributed by atoms with Gasteiger partial charge in [-0.25, -0.2) is 0 Å². The minimum absolute atomic E-state index is 0.444. The second-order valence-electron chi connectivity index (χ2n) is 5.15. The van der Waals surface area contributed by atoms with Crippen LogP contribution in [0.2, 0.25) is 0 Å². The van der Waals surface area contributed by atoms with Gasteiger partial charge in [0.25, 0.3) is 0 Å². The van der Waals surface area contributed by atoms with Gasteiger partial charge in [0.15, 0.2) is 0 Å². The van der Waals surface area contributed by atoms with E-state index in [-0.39, 0.29) is 0 Å². The maximum atomic E-state index is 5.60. The Morgan fingerprint density at radius 1 is 1.24 bits per heavy atom. The summed E-state index contributed by atoms with van der Waals surface area (Å²) in [5, 5.41) is 7.09. The van der Waals surface area contributed by atoms with Crippen molar-refractivity contribution < 1.29 is 9.47 Å². The van der Waals surface area contributed by atoms with Crippen LogP contribution in [0, 0.1) is 5.92 Å². The molecule has 0 aromatic rings. The van der Waals surface area contributed by atoms with Crippen molar-refractivity contribution in [1.82, 2.24) is 10.6 Å². The van der Waals surface area contributed by atoms with Gasteiger partial charge in [0.05, 0.1) is 19.3 Å². The molecule has 2 N–H and O–H groups in total. The number of nitrogens with one attached hydrogen (secondary N) is 2. The van der Waals surface area contributed by atoms with Gasteiger partial charge in [0.1, 0.15) is 0 Å². The lowest BCUT2D eigenvalue weighted by Crippen LogP contribution is -2.41. The van der Waals surface area contributed by atoms with E-state index in [1.54, 1.807) is 0 Å². The van der Waals surface area contributed by atoms with E-state index >= 15 is 0 Å². The summed E-state index contributed by atoms with van der Waals surface area (Å²) in [6.45, 7) is 8.04. The lowest BCUT2D eigenvalue weighted by molar-refractivity contribution is 0.108. The molecule has 4 heteroatoms. The van der Waals surface area contributed by atoms with Crippen molar-refractivity contribution in [2.45, 2.75) is 38.3 Å². The highest BCUT2D eigenvalue weighted by Gasteiger charge is 2.27. The molecule has 3 unspecified atom stereocenters. The van der Waals surface area contributed by atoms with E-state index in [0.29, 0.717) is 18.1 Å². The van der Waals surface area contributed by atoms with Gasteiger partial charge in [-0.3, -0.25) is 0 Å². The maximum absolute atomic E-state index is 5.60. The van der Waals surface area contributed by atoms with E-state index in [0.717, 1.165) is 39.5 Å². The van der Waals surface area contributed by atoms with Gasteiger partial charge in [-0.2, -0.15) is 0 Å². The molecule has 2 rings (SSSR count). The van der Waals surface area contributed by atoms with E-state index in [4.69, 9.17) is 9.47 Å². The van der Waals surface area contributed by atoms with Gasteiger partial charge in [-0.1, -0.05) is 6.92 Å². The largest absolute Gasteiger partial charge is 0.379 e. The van der Waals surface area contributed by atoms with Gasteiger partial charge >= 0.3 is 0 Å². The van der Waals surface area contributed by atoms with Crippen LogP contribution < -0.4 is 10.6 Å². The molecule has 2 aliphatic rings. The Bertz CT molecular complexity index is 208. The third-order valence-electron chi connectivity index (χ3n) is 3.66. The van der Waals surface area contributed by atoms with Crippen LogP contribution in [0.25, 0.3) is 0 Å². The quantitative estimate of drug-likeness (QED) is 0.692. The Kier molecular flexibility index (Phi) is 5.71. The summed E-state index contributed by atoms with van der Waals surface area (Å²) in [4.78, 5) is 0. The third kappa shape index (κ3) is 4.21. The highest BCUT2D eigenvalue weighted by atomic mass is 16.5. The van der Waals surface area contributed by atoms with Crippen molar-refractivity contribution in [2.24, 2.45) is 5.92 Å². The van der Waals surface area contributed by atoms with E-state index in [9.17, 15) is 0 Å². The van der Waals surface area contributed by atoms with E-state index in [1.807, 2.05) is 0 Å². The SMILES string of the molecule is CCCNC1COCC1CNCC1CCCO1. The van der Waals surface area contributed by atoms with E-state index < -0.39 is 0 Å². The van der Waals surface area contributed by atoms with Crippen LogP contribution in [-0.2, 0) is 9.47 Å². The fourth-order valence-corrected chi connectivity index (χ4v) is 2.59. The third-order valence-corrected chi connectivity index (χ3v) is 3.66. The van der Waals surface area contributed by atoms with Crippen LogP contribution in [-0.4, -0.2) is 51.6 Å². The number of rotatable bonds is 7. The molecule has 4 nitrogen and oxygen atoms in total. The zero-order valence-corrected chi connectivity index (χ0v) is 10.9. The first kappa shape index (κ1) is 13.3. The summed E-state index contributed by atoms with van der Waals surface area (Å²) >= 11 is 0. The van der Waals surface area contributed by atoms with Crippen LogP contribution >= 0.6 is 0 Å². The Morgan fingerprint density at radius 3 is 2.94 bits per heavy atom.